The van der Waals surface area contributed by atoms with Gasteiger partial charge in [-0.25, -0.2) is 9.78 Å². The van der Waals surface area contributed by atoms with Crippen LogP contribution in [0.1, 0.15) is 31.9 Å². The van der Waals surface area contributed by atoms with Crippen LogP contribution in [0, 0.1) is 0 Å². The molecule has 2 aliphatic rings. The van der Waals surface area contributed by atoms with Crippen molar-refractivity contribution in [3.8, 4) is 0 Å². The summed E-state index contributed by atoms with van der Waals surface area (Å²) in [5.41, 5.74) is -0.501. The monoisotopic (exact) mass is 400 g/mol. The van der Waals surface area contributed by atoms with E-state index in [2.05, 4.69) is 4.98 Å². The Hall–Kier alpha value is -2.23. The van der Waals surface area contributed by atoms with Crippen LogP contribution in [0.5, 0.6) is 0 Å². The Morgan fingerprint density at radius 1 is 1.41 bits per heavy atom. The highest BCUT2D eigenvalue weighted by molar-refractivity contribution is 6.00. The Morgan fingerprint density at radius 3 is 2.67 bits per heavy atom. The van der Waals surface area contributed by atoms with Crippen molar-refractivity contribution in [2.45, 2.75) is 44.0 Å². The Kier molecular flexibility index (Phi) is 6.40. The molecule has 1 aromatic rings. The molecular weight excluding hydrogens is 380 g/mol. The van der Waals surface area contributed by atoms with E-state index in [1.165, 1.54) is 4.90 Å². The molecule has 1 saturated carbocycles. The van der Waals surface area contributed by atoms with Crippen molar-refractivity contribution in [2.75, 3.05) is 18.1 Å². The van der Waals surface area contributed by atoms with Gasteiger partial charge < -0.3 is 19.7 Å². The second-order valence-corrected chi connectivity index (χ2v) is 6.42. The zero-order valence-electron chi connectivity index (χ0n) is 14.7. The first-order chi connectivity index (χ1) is 12.3. The van der Waals surface area contributed by atoms with Gasteiger partial charge in [-0.15, -0.1) is 12.4 Å². The molecule has 1 aliphatic heterocycles. The van der Waals surface area contributed by atoms with Gasteiger partial charge in [0.05, 0.1) is 18.8 Å². The van der Waals surface area contributed by atoms with E-state index in [-0.39, 0.29) is 25.6 Å². The standard InChI is InChI=1S/C17H20N2O7.ClH/c1-10(20)26-14(16(22)23)13-15(21)19(8-9-25-13)12-5-2-4-11(18-12)17(24)6-3-7-17;/h2,4-5,13-14,24H,3,6-9H2,1H3,(H,22,23);1H/t13-,14-;/m1./s1. The van der Waals surface area contributed by atoms with E-state index >= 15 is 0 Å². The SMILES string of the molecule is CC(=O)O[C@@H](C(=O)O)[C@H]1OCCN(c2cccc(C3(O)CCC3)n2)C1=O.Cl. The number of hydrogen-bond donors (Lipinski definition) is 2. The number of halogens is 1. The topological polar surface area (TPSA) is 126 Å². The summed E-state index contributed by atoms with van der Waals surface area (Å²) >= 11 is 0. The van der Waals surface area contributed by atoms with Crippen molar-refractivity contribution >= 4 is 36.1 Å². The Labute approximate surface area is 161 Å². The number of aliphatic hydroxyl groups is 1. The molecule has 2 fully saturated rings. The largest absolute Gasteiger partial charge is 0.478 e. The van der Waals surface area contributed by atoms with Gasteiger partial charge in [0.2, 0.25) is 6.10 Å². The van der Waals surface area contributed by atoms with Crippen LogP contribution in [0.4, 0.5) is 5.82 Å². The predicted octanol–water partition coefficient (Wildman–Crippen LogP) is 0.623. The quantitative estimate of drug-likeness (QED) is 0.689. The number of nitrogens with zero attached hydrogens (tertiary/aromatic N) is 2. The molecule has 2 heterocycles. The molecule has 148 valence electrons. The number of amides is 1. The van der Waals surface area contributed by atoms with E-state index in [1.807, 2.05) is 0 Å². The highest BCUT2D eigenvalue weighted by atomic mass is 35.5. The lowest BCUT2D eigenvalue weighted by molar-refractivity contribution is -0.177. The highest BCUT2D eigenvalue weighted by Gasteiger charge is 2.43. The lowest BCUT2D eigenvalue weighted by Crippen LogP contribution is -2.56. The lowest BCUT2D eigenvalue weighted by atomic mass is 9.77. The Morgan fingerprint density at radius 2 is 2.11 bits per heavy atom. The van der Waals surface area contributed by atoms with Crippen LogP contribution >= 0.6 is 12.4 Å². The number of morpholine rings is 1. The molecule has 0 spiro atoms. The number of esters is 1. The van der Waals surface area contributed by atoms with E-state index in [4.69, 9.17) is 9.47 Å². The van der Waals surface area contributed by atoms with Crippen LogP contribution in [-0.4, -0.2) is 58.4 Å². The zero-order chi connectivity index (χ0) is 18.9. The molecule has 0 radical (unpaired) electrons. The summed E-state index contributed by atoms with van der Waals surface area (Å²) in [5, 5.41) is 19.7. The van der Waals surface area contributed by atoms with Gasteiger partial charge in [0.15, 0.2) is 6.10 Å². The molecule has 2 atom stereocenters. The molecular formula is C17H21ClN2O7. The van der Waals surface area contributed by atoms with Crippen LogP contribution in [-0.2, 0) is 29.5 Å². The third-order valence-electron chi connectivity index (χ3n) is 4.60. The number of carbonyl (C=O) groups excluding carboxylic acids is 2. The minimum atomic E-state index is -1.73. The van der Waals surface area contributed by atoms with E-state index in [0.717, 1.165) is 13.3 Å². The molecule has 2 N–H and O–H groups in total. The van der Waals surface area contributed by atoms with Crippen molar-refractivity contribution in [3.05, 3.63) is 23.9 Å². The maximum Gasteiger partial charge on any atom is 0.348 e. The third kappa shape index (κ3) is 4.20. The van der Waals surface area contributed by atoms with Gasteiger partial charge in [-0.3, -0.25) is 14.5 Å². The summed E-state index contributed by atoms with van der Waals surface area (Å²) in [5.74, 6) is -2.65. The predicted molar refractivity (Wildman–Crippen MR) is 94.5 cm³/mol. The van der Waals surface area contributed by atoms with E-state index < -0.39 is 35.7 Å². The smallest absolute Gasteiger partial charge is 0.348 e. The Bertz CT molecular complexity index is 738. The van der Waals surface area contributed by atoms with Crippen LogP contribution < -0.4 is 4.90 Å². The number of aromatic nitrogens is 1. The number of anilines is 1. The first-order valence-electron chi connectivity index (χ1n) is 8.35. The van der Waals surface area contributed by atoms with Crippen molar-refractivity contribution in [1.29, 1.82) is 0 Å². The number of carboxylic acid groups (broad SMARTS) is 1. The molecule has 0 aromatic carbocycles. The number of hydrogen-bond acceptors (Lipinski definition) is 7. The minimum absolute atomic E-state index is 0. The average Bonchev–Trinajstić information content (AvgIpc) is 2.58. The zero-order valence-corrected chi connectivity index (χ0v) is 15.5. The lowest BCUT2D eigenvalue weighted by Gasteiger charge is -2.37. The fraction of sp³-hybridized carbons (Fsp3) is 0.529. The summed E-state index contributed by atoms with van der Waals surface area (Å²) in [7, 11) is 0. The van der Waals surface area contributed by atoms with Crippen LogP contribution in [0.2, 0.25) is 0 Å². The number of rotatable bonds is 5. The van der Waals surface area contributed by atoms with Gasteiger partial charge in [0.25, 0.3) is 5.91 Å². The van der Waals surface area contributed by atoms with E-state index in [0.29, 0.717) is 24.4 Å². The molecule has 27 heavy (non-hydrogen) atoms. The van der Waals surface area contributed by atoms with E-state index in [9.17, 15) is 24.6 Å². The number of carboxylic acids is 1. The summed E-state index contributed by atoms with van der Waals surface area (Å²) in [4.78, 5) is 40.9. The molecule has 1 saturated heterocycles. The molecule has 1 aliphatic carbocycles. The molecule has 1 aromatic heterocycles. The summed E-state index contributed by atoms with van der Waals surface area (Å²) in [6.45, 7) is 1.31. The third-order valence-corrected chi connectivity index (χ3v) is 4.60. The minimum Gasteiger partial charge on any atom is -0.478 e. The van der Waals surface area contributed by atoms with Crippen molar-refractivity contribution < 1.29 is 34.1 Å². The van der Waals surface area contributed by atoms with E-state index in [1.54, 1.807) is 18.2 Å². The molecule has 1 amide bonds. The van der Waals surface area contributed by atoms with Crippen molar-refractivity contribution in [3.63, 3.8) is 0 Å². The van der Waals surface area contributed by atoms with Gasteiger partial charge in [-0.05, 0) is 31.4 Å². The first kappa shape index (κ1) is 21.1. The second-order valence-electron chi connectivity index (χ2n) is 6.42. The first-order valence-corrected chi connectivity index (χ1v) is 8.35. The fourth-order valence-corrected chi connectivity index (χ4v) is 3.07. The van der Waals surface area contributed by atoms with Crippen molar-refractivity contribution in [1.82, 2.24) is 4.98 Å². The number of carbonyl (C=O) groups is 3. The average molecular weight is 401 g/mol. The number of aliphatic carboxylic acids is 1. The maximum absolute atomic E-state index is 12.7. The summed E-state index contributed by atoms with van der Waals surface area (Å²) in [6, 6.07) is 4.99. The highest BCUT2D eigenvalue weighted by Crippen LogP contribution is 2.40. The van der Waals surface area contributed by atoms with Gasteiger partial charge in [0, 0.05) is 6.92 Å². The maximum atomic E-state index is 12.7. The Balaban J connectivity index is 0.00000261. The normalized spacial score (nSPS) is 22.2. The van der Waals surface area contributed by atoms with Crippen LogP contribution in [0.25, 0.3) is 0 Å². The molecule has 0 unspecified atom stereocenters. The molecule has 3 rings (SSSR count). The van der Waals surface area contributed by atoms with Crippen LogP contribution in [0.3, 0.4) is 0 Å². The van der Waals surface area contributed by atoms with Gasteiger partial charge in [-0.1, -0.05) is 6.07 Å². The molecule has 0 bridgehead atoms. The fourth-order valence-electron chi connectivity index (χ4n) is 3.07. The van der Waals surface area contributed by atoms with Gasteiger partial charge >= 0.3 is 11.9 Å². The van der Waals surface area contributed by atoms with Crippen molar-refractivity contribution in [2.24, 2.45) is 0 Å². The molecule has 9 nitrogen and oxygen atoms in total. The number of ether oxygens (including phenoxy) is 2. The summed E-state index contributed by atoms with van der Waals surface area (Å²) in [6.07, 6.45) is -1.07. The number of pyridine rings is 1. The van der Waals surface area contributed by atoms with Gasteiger partial charge in [-0.2, -0.15) is 0 Å². The van der Waals surface area contributed by atoms with Gasteiger partial charge in [0.1, 0.15) is 11.4 Å². The molecule has 10 heteroatoms. The summed E-state index contributed by atoms with van der Waals surface area (Å²) < 4.78 is 10.0. The van der Waals surface area contributed by atoms with Crippen LogP contribution in [0.15, 0.2) is 18.2 Å². The second kappa shape index (κ2) is 8.20.